The van der Waals surface area contributed by atoms with Crippen LogP contribution in [0.3, 0.4) is 0 Å². The maximum absolute atomic E-state index is 12.6. The van der Waals surface area contributed by atoms with Crippen LogP contribution in [0, 0.1) is 5.92 Å². The molecule has 1 aliphatic heterocycles. The minimum atomic E-state index is -0.0336. The average Bonchev–Trinajstić information content (AvgIpc) is 3.22. The van der Waals surface area contributed by atoms with Gasteiger partial charge >= 0.3 is 0 Å². The molecule has 1 N–H and O–H groups in total. The van der Waals surface area contributed by atoms with E-state index in [0.29, 0.717) is 32.0 Å². The van der Waals surface area contributed by atoms with E-state index in [2.05, 4.69) is 20.6 Å². The van der Waals surface area contributed by atoms with Gasteiger partial charge in [-0.15, -0.1) is 10.2 Å². The second-order valence-corrected chi connectivity index (χ2v) is 7.32. The molecule has 0 bridgehead atoms. The Morgan fingerprint density at radius 2 is 1.96 bits per heavy atom. The molecule has 0 radical (unpaired) electrons. The van der Waals surface area contributed by atoms with Crippen molar-refractivity contribution < 1.29 is 9.59 Å². The van der Waals surface area contributed by atoms with E-state index in [0.717, 1.165) is 43.7 Å². The fourth-order valence-electron chi connectivity index (χ4n) is 3.56. The third-order valence-corrected chi connectivity index (χ3v) is 5.36. The predicted molar refractivity (Wildman–Crippen MR) is 96.1 cm³/mol. The Hall–Kier alpha value is -2.71. The van der Waals surface area contributed by atoms with Gasteiger partial charge in [-0.1, -0.05) is 6.42 Å². The fourth-order valence-corrected chi connectivity index (χ4v) is 3.56. The SMILES string of the molecule is O=C(CCn1cnnc1)NCc1cc2n(n1)CCCN(C(=O)C1CCC1)C2. The molecule has 1 aliphatic carbocycles. The Kier molecular flexibility index (Phi) is 5.17. The highest BCUT2D eigenvalue weighted by molar-refractivity contribution is 5.79. The Bertz CT molecular complexity index is 795. The van der Waals surface area contributed by atoms with Crippen molar-refractivity contribution in [2.75, 3.05) is 6.54 Å². The summed E-state index contributed by atoms with van der Waals surface area (Å²) in [4.78, 5) is 26.6. The molecule has 2 amide bonds. The summed E-state index contributed by atoms with van der Waals surface area (Å²) < 4.78 is 3.75. The number of fused-ring (bicyclic) bond motifs is 1. The molecule has 2 aromatic heterocycles. The van der Waals surface area contributed by atoms with E-state index in [1.165, 1.54) is 6.42 Å². The van der Waals surface area contributed by atoms with E-state index in [9.17, 15) is 9.59 Å². The van der Waals surface area contributed by atoms with Gasteiger partial charge in [-0.2, -0.15) is 5.10 Å². The summed E-state index contributed by atoms with van der Waals surface area (Å²) in [6, 6.07) is 2.01. The summed E-state index contributed by atoms with van der Waals surface area (Å²) in [6.45, 7) is 3.18. The smallest absolute Gasteiger partial charge is 0.226 e. The van der Waals surface area contributed by atoms with E-state index in [1.807, 2.05) is 15.6 Å². The summed E-state index contributed by atoms with van der Waals surface area (Å²) in [6.07, 6.45) is 7.70. The number of amides is 2. The van der Waals surface area contributed by atoms with Gasteiger partial charge in [0.25, 0.3) is 0 Å². The second-order valence-electron chi connectivity index (χ2n) is 7.32. The van der Waals surface area contributed by atoms with Gasteiger partial charge in [0.05, 0.1) is 24.5 Å². The van der Waals surface area contributed by atoms with Crippen molar-refractivity contribution in [3.05, 3.63) is 30.1 Å². The molecular weight excluding hydrogens is 346 g/mol. The molecule has 0 unspecified atom stereocenters. The minimum Gasteiger partial charge on any atom is -0.350 e. The molecule has 4 rings (SSSR count). The minimum absolute atomic E-state index is 0.0336. The second kappa shape index (κ2) is 7.89. The lowest BCUT2D eigenvalue weighted by molar-refractivity contribution is -0.138. The van der Waals surface area contributed by atoms with Crippen LogP contribution in [-0.4, -0.2) is 47.8 Å². The number of aryl methyl sites for hydroxylation is 2. The highest BCUT2D eigenvalue weighted by Gasteiger charge is 2.30. The highest BCUT2D eigenvalue weighted by atomic mass is 16.2. The maximum atomic E-state index is 12.6. The summed E-state index contributed by atoms with van der Waals surface area (Å²) in [5, 5.41) is 14.9. The lowest BCUT2D eigenvalue weighted by Crippen LogP contribution is -2.38. The molecule has 9 nitrogen and oxygen atoms in total. The van der Waals surface area contributed by atoms with Crippen molar-refractivity contribution in [2.45, 2.75) is 58.3 Å². The molecule has 0 atom stereocenters. The first-order valence-corrected chi connectivity index (χ1v) is 9.62. The molecule has 3 heterocycles. The first-order chi connectivity index (χ1) is 13.2. The topological polar surface area (TPSA) is 97.9 Å². The number of nitrogens with one attached hydrogen (secondary N) is 1. The first kappa shape index (κ1) is 17.7. The highest BCUT2D eigenvalue weighted by Crippen LogP contribution is 2.29. The largest absolute Gasteiger partial charge is 0.350 e. The van der Waals surface area contributed by atoms with Gasteiger partial charge in [-0.25, -0.2) is 0 Å². The predicted octanol–water partition coefficient (Wildman–Crippen LogP) is 0.713. The maximum Gasteiger partial charge on any atom is 0.226 e. The van der Waals surface area contributed by atoms with Crippen molar-refractivity contribution in [1.82, 2.24) is 34.8 Å². The first-order valence-electron chi connectivity index (χ1n) is 9.62. The number of hydrogen-bond acceptors (Lipinski definition) is 5. The van der Waals surface area contributed by atoms with Crippen LogP contribution in [0.5, 0.6) is 0 Å². The summed E-state index contributed by atoms with van der Waals surface area (Å²) >= 11 is 0. The van der Waals surface area contributed by atoms with Crippen LogP contribution in [0.2, 0.25) is 0 Å². The van der Waals surface area contributed by atoms with E-state index in [1.54, 1.807) is 17.2 Å². The Labute approximate surface area is 157 Å². The molecule has 0 saturated heterocycles. The number of aromatic nitrogens is 5. The van der Waals surface area contributed by atoms with E-state index in [-0.39, 0.29) is 11.8 Å². The molecular formula is C18H25N7O2. The van der Waals surface area contributed by atoms with Gasteiger partial charge in [0.15, 0.2) is 0 Å². The molecule has 0 spiro atoms. The summed E-state index contributed by atoms with van der Waals surface area (Å²) in [5.74, 6) is 0.484. The Morgan fingerprint density at radius 1 is 1.15 bits per heavy atom. The van der Waals surface area contributed by atoms with Crippen LogP contribution in [-0.2, 0) is 35.8 Å². The van der Waals surface area contributed by atoms with Crippen LogP contribution in [0.1, 0.15) is 43.5 Å². The van der Waals surface area contributed by atoms with Crippen LogP contribution >= 0.6 is 0 Å². The molecule has 144 valence electrons. The van der Waals surface area contributed by atoms with Gasteiger partial charge in [0.2, 0.25) is 11.8 Å². The van der Waals surface area contributed by atoms with Crippen LogP contribution in [0.4, 0.5) is 0 Å². The molecule has 1 fully saturated rings. The summed E-state index contributed by atoms with van der Waals surface area (Å²) in [7, 11) is 0. The molecule has 27 heavy (non-hydrogen) atoms. The van der Waals surface area contributed by atoms with Crippen LogP contribution in [0.15, 0.2) is 18.7 Å². The zero-order valence-electron chi connectivity index (χ0n) is 15.4. The van der Waals surface area contributed by atoms with Crippen molar-refractivity contribution in [1.29, 1.82) is 0 Å². The summed E-state index contributed by atoms with van der Waals surface area (Å²) in [5.41, 5.74) is 1.88. The molecule has 1 saturated carbocycles. The fraction of sp³-hybridized carbons (Fsp3) is 0.611. The van der Waals surface area contributed by atoms with Gasteiger partial charge < -0.3 is 14.8 Å². The molecule has 2 aromatic rings. The van der Waals surface area contributed by atoms with Gasteiger partial charge in [-0.3, -0.25) is 14.3 Å². The van der Waals surface area contributed by atoms with E-state index in [4.69, 9.17) is 0 Å². The van der Waals surface area contributed by atoms with Gasteiger partial charge in [0.1, 0.15) is 12.7 Å². The number of carbonyl (C=O) groups is 2. The third-order valence-electron chi connectivity index (χ3n) is 5.36. The zero-order chi connectivity index (χ0) is 18.6. The van der Waals surface area contributed by atoms with Crippen molar-refractivity contribution in [3.63, 3.8) is 0 Å². The van der Waals surface area contributed by atoms with Crippen LogP contribution in [0.25, 0.3) is 0 Å². The number of carbonyl (C=O) groups excluding carboxylic acids is 2. The van der Waals surface area contributed by atoms with Crippen LogP contribution < -0.4 is 5.32 Å². The third kappa shape index (κ3) is 4.17. The van der Waals surface area contributed by atoms with Gasteiger partial charge in [0, 0.05) is 32.0 Å². The average molecular weight is 371 g/mol. The lowest BCUT2D eigenvalue weighted by Gasteiger charge is -2.30. The normalized spacial score (nSPS) is 17.1. The van der Waals surface area contributed by atoms with E-state index < -0.39 is 0 Å². The molecule has 2 aliphatic rings. The van der Waals surface area contributed by atoms with Crippen molar-refractivity contribution in [3.8, 4) is 0 Å². The molecule has 0 aromatic carbocycles. The quantitative estimate of drug-likeness (QED) is 0.807. The standard InChI is InChI=1S/C18H25N7O2/c26-17(5-8-23-12-20-21-13-23)19-10-15-9-16-11-24(6-2-7-25(16)22-15)18(27)14-3-1-4-14/h9,12-14H,1-8,10-11H2,(H,19,26). The monoisotopic (exact) mass is 371 g/mol. The number of rotatable bonds is 6. The van der Waals surface area contributed by atoms with Crippen molar-refractivity contribution >= 4 is 11.8 Å². The van der Waals surface area contributed by atoms with E-state index >= 15 is 0 Å². The number of hydrogen-bond donors (Lipinski definition) is 1. The Balaban J connectivity index is 1.30. The van der Waals surface area contributed by atoms with Gasteiger partial charge in [-0.05, 0) is 25.3 Å². The zero-order valence-corrected chi connectivity index (χ0v) is 15.4. The van der Waals surface area contributed by atoms with Crippen molar-refractivity contribution in [2.24, 2.45) is 5.92 Å². The Morgan fingerprint density at radius 3 is 2.70 bits per heavy atom. The molecule has 9 heteroatoms. The number of nitrogens with zero attached hydrogens (tertiary/aromatic N) is 6. The lowest BCUT2D eigenvalue weighted by atomic mass is 9.84.